The third-order valence-corrected chi connectivity index (χ3v) is 3.19. The van der Waals surface area contributed by atoms with Crippen molar-refractivity contribution in [2.45, 2.75) is 11.3 Å². The van der Waals surface area contributed by atoms with E-state index in [2.05, 4.69) is 17.9 Å². The molecule has 0 atom stereocenters. The highest BCUT2D eigenvalue weighted by Gasteiger charge is 2.07. The SMILES string of the molecule is O=C(NCCc1ccc(O)cc1)c1ccc(F)c(S)c1. The van der Waals surface area contributed by atoms with Gasteiger partial charge in [-0.1, -0.05) is 12.1 Å². The number of phenolic OH excluding ortho intramolecular Hbond substituents is 1. The summed E-state index contributed by atoms with van der Waals surface area (Å²) >= 11 is 3.94. The number of benzene rings is 2. The van der Waals surface area contributed by atoms with E-state index in [4.69, 9.17) is 5.11 Å². The van der Waals surface area contributed by atoms with Crippen LogP contribution in [-0.4, -0.2) is 17.6 Å². The number of hydrogen-bond donors (Lipinski definition) is 3. The first-order valence-corrected chi connectivity index (χ1v) is 6.55. The van der Waals surface area contributed by atoms with Gasteiger partial charge in [-0.3, -0.25) is 4.79 Å². The average molecular weight is 291 g/mol. The molecule has 0 bridgehead atoms. The number of thiol groups is 1. The molecule has 2 N–H and O–H groups in total. The summed E-state index contributed by atoms with van der Waals surface area (Å²) in [7, 11) is 0. The van der Waals surface area contributed by atoms with Crippen molar-refractivity contribution in [1.29, 1.82) is 0 Å². The molecule has 0 aliphatic carbocycles. The molecule has 5 heteroatoms. The molecule has 0 aromatic heterocycles. The van der Waals surface area contributed by atoms with E-state index in [1.807, 2.05) is 0 Å². The molecule has 1 amide bonds. The van der Waals surface area contributed by atoms with Crippen molar-refractivity contribution in [3.05, 3.63) is 59.4 Å². The van der Waals surface area contributed by atoms with Crippen LogP contribution < -0.4 is 5.32 Å². The van der Waals surface area contributed by atoms with E-state index in [1.165, 1.54) is 18.2 Å². The number of amides is 1. The molecule has 3 nitrogen and oxygen atoms in total. The van der Waals surface area contributed by atoms with Gasteiger partial charge < -0.3 is 10.4 Å². The van der Waals surface area contributed by atoms with Crippen LogP contribution in [0.3, 0.4) is 0 Å². The Morgan fingerprint density at radius 2 is 1.90 bits per heavy atom. The van der Waals surface area contributed by atoms with Crippen LogP contribution in [0.5, 0.6) is 5.75 Å². The molecule has 2 rings (SSSR count). The highest BCUT2D eigenvalue weighted by Crippen LogP contribution is 2.14. The molecule has 2 aromatic rings. The lowest BCUT2D eigenvalue weighted by Crippen LogP contribution is -2.25. The Kier molecular flexibility index (Phi) is 4.63. The van der Waals surface area contributed by atoms with E-state index >= 15 is 0 Å². The molecular weight excluding hydrogens is 277 g/mol. The first kappa shape index (κ1) is 14.4. The van der Waals surface area contributed by atoms with Gasteiger partial charge in [-0.15, -0.1) is 12.6 Å². The number of halogens is 1. The predicted molar refractivity (Wildman–Crippen MR) is 77.8 cm³/mol. The summed E-state index contributed by atoms with van der Waals surface area (Å²) in [5, 5.41) is 11.9. The fraction of sp³-hybridized carbons (Fsp3) is 0.133. The predicted octanol–water partition coefficient (Wildman–Crippen LogP) is 2.79. The molecule has 0 fully saturated rings. The highest BCUT2D eigenvalue weighted by molar-refractivity contribution is 7.80. The lowest BCUT2D eigenvalue weighted by molar-refractivity contribution is 0.0954. The van der Waals surface area contributed by atoms with Crippen molar-refractivity contribution in [3.63, 3.8) is 0 Å². The zero-order valence-electron chi connectivity index (χ0n) is 10.6. The molecule has 2 aromatic carbocycles. The van der Waals surface area contributed by atoms with E-state index in [1.54, 1.807) is 24.3 Å². The summed E-state index contributed by atoms with van der Waals surface area (Å²) in [6, 6.07) is 10.8. The van der Waals surface area contributed by atoms with Crippen LogP contribution in [-0.2, 0) is 6.42 Å². The molecule has 0 spiro atoms. The quantitative estimate of drug-likeness (QED) is 0.759. The molecule has 0 unspecified atom stereocenters. The normalized spacial score (nSPS) is 10.3. The molecule has 0 aliphatic heterocycles. The maximum atomic E-state index is 13.0. The molecule has 0 radical (unpaired) electrons. The van der Waals surface area contributed by atoms with Gasteiger partial charge in [0.1, 0.15) is 11.6 Å². The summed E-state index contributed by atoms with van der Waals surface area (Å²) in [5.41, 5.74) is 1.39. The maximum Gasteiger partial charge on any atom is 0.251 e. The van der Waals surface area contributed by atoms with Gasteiger partial charge in [-0.2, -0.15) is 0 Å². The summed E-state index contributed by atoms with van der Waals surface area (Å²) in [6.45, 7) is 0.461. The maximum absolute atomic E-state index is 13.0. The standard InChI is InChI=1S/C15H14FNO2S/c16-13-6-3-11(9-14(13)20)15(19)17-8-7-10-1-4-12(18)5-2-10/h1-6,9,18,20H,7-8H2,(H,17,19). The Balaban J connectivity index is 1.88. The van der Waals surface area contributed by atoms with Crippen LogP contribution >= 0.6 is 12.6 Å². The van der Waals surface area contributed by atoms with E-state index in [-0.39, 0.29) is 16.6 Å². The molecule has 20 heavy (non-hydrogen) atoms. The van der Waals surface area contributed by atoms with Crippen molar-refractivity contribution < 1.29 is 14.3 Å². The molecule has 0 saturated carbocycles. The van der Waals surface area contributed by atoms with Gasteiger partial charge in [0, 0.05) is 17.0 Å². The molecular formula is C15H14FNO2S. The number of phenols is 1. The van der Waals surface area contributed by atoms with Crippen LogP contribution in [0.1, 0.15) is 15.9 Å². The van der Waals surface area contributed by atoms with E-state index in [0.717, 1.165) is 5.56 Å². The largest absolute Gasteiger partial charge is 0.508 e. The second-order valence-corrected chi connectivity index (χ2v) is 4.82. The van der Waals surface area contributed by atoms with Crippen LogP contribution in [0.4, 0.5) is 4.39 Å². The lowest BCUT2D eigenvalue weighted by Gasteiger charge is -2.06. The number of aromatic hydroxyl groups is 1. The number of hydrogen-bond acceptors (Lipinski definition) is 3. The van der Waals surface area contributed by atoms with E-state index in [9.17, 15) is 9.18 Å². The fourth-order valence-corrected chi connectivity index (χ4v) is 1.95. The fourth-order valence-electron chi connectivity index (χ4n) is 1.74. The summed E-state index contributed by atoms with van der Waals surface area (Å²) in [6.07, 6.45) is 0.654. The summed E-state index contributed by atoms with van der Waals surface area (Å²) in [5.74, 6) is -0.501. The summed E-state index contributed by atoms with van der Waals surface area (Å²) in [4.78, 5) is 12.0. The smallest absolute Gasteiger partial charge is 0.251 e. The Bertz CT molecular complexity index is 614. The Morgan fingerprint density at radius 3 is 2.55 bits per heavy atom. The Hall–Kier alpha value is -2.01. The monoisotopic (exact) mass is 291 g/mol. The second-order valence-electron chi connectivity index (χ2n) is 4.34. The van der Waals surface area contributed by atoms with Crippen LogP contribution in [0.2, 0.25) is 0 Å². The lowest BCUT2D eigenvalue weighted by atomic mass is 10.1. The Labute approximate surface area is 121 Å². The topological polar surface area (TPSA) is 49.3 Å². The van der Waals surface area contributed by atoms with Gasteiger partial charge in [0.15, 0.2) is 0 Å². The third kappa shape index (κ3) is 3.74. The number of carbonyl (C=O) groups excluding carboxylic acids is 1. The summed E-state index contributed by atoms with van der Waals surface area (Å²) < 4.78 is 13.0. The van der Waals surface area contributed by atoms with E-state index in [0.29, 0.717) is 18.5 Å². The van der Waals surface area contributed by atoms with Gasteiger partial charge in [-0.25, -0.2) is 4.39 Å². The molecule has 104 valence electrons. The first-order valence-electron chi connectivity index (χ1n) is 6.11. The molecule has 0 aliphatic rings. The van der Waals surface area contributed by atoms with Gasteiger partial charge in [0.05, 0.1) is 0 Å². The van der Waals surface area contributed by atoms with Crippen molar-refractivity contribution >= 4 is 18.5 Å². The third-order valence-electron chi connectivity index (χ3n) is 2.84. The van der Waals surface area contributed by atoms with Gasteiger partial charge in [-0.05, 0) is 42.3 Å². The van der Waals surface area contributed by atoms with E-state index < -0.39 is 5.82 Å². The minimum atomic E-state index is -0.450. The number of rotatable bonds is 4. The zero-order chi connectivity index (χ0) is 14.5. The minimum Gasteiger partial charge on any atom is -0.508 e. The van der Waals surface area contributed by atoms with Crippen LogP contribution in [0, 0.1) is 5.82 Å². The first-order chi connectivity index (χ1) is 9.56. The number of carbonyl (C=O) groups is 1. The second kappa shape index (κ2) is 6.43. The van der Waals surface area contributed by atoms with Crippen molar-refractivity contribution in [2.24, 2.45) is 0 Å². The minimum absolute atomic E-state index is 0.149. The van der Waals surface area contributed by atoms with Gasteiger partial charge >= 0.3 is 0 Å². The molecule has 0 saturated heterocycles. The zero-order valence-corrected chi connectivity index (χ0v) is 11.5. The van der Waals surface area contributed by atoms with Gasteiger partial charge in [0.2, 0.25) is 0 Å². The number of nitrogens with one attached hydrogen (secondary N) is 1. The molecule has 0 heterocycles. The van der Waals surface area contributed by atoms with Crippen molar-refractivity contribution in [2.75, 3.05) is 6.54 Å². The van der Waals surface area contributed by atoms with Crippen molar-refractivity contribution in [1.82, 2.24) is 5.32 Å². The van der Waals surface area contributed by atoms with Gasteiger partial charge in [0.25, 0.3) is 5.91 Å². The van der Waals surface area contributed by atoms with Crippen LogP contribution in [0.25, 0.3) is 0 Å². The Morgan fingerprint density at radius 1 is 1.20 bits per heavy atom. The van der Waals surface area contributed by atoms with Crippen LogP contribution in [0.15, 0.2) is 47.4 Å². The van der Waals surface area contributed by atoms with Crippen molar-refractivity contribution in [3.8, 4) is 5.75 Å². The average Bonchev–Trinajstić information content (AvgIpc) is 2.44. The highest BCUT2D eigenvalue weighted by atomic mass is 32.1.